The van der Waals surface area contributed by atoms with Crippen LogP contribution in [0.15, 0.2) is 30.1 Å². The largest absolute Gasteiger partial charge is 0.306 e. The zero-order valence-electron chi connectivity index (χ0n) is 9.53. The van der Waals surface area contributed by atoms with E-state index in [0.29, 0.717) is 0 Å². The fourth-order valence-electron chi connectivity index (χ4n) is 1.35. The van der Waals surface area contributed by atoms with Crippen LogP contribution in [-0.4, -0.2) is 16.5 Å². The van der Waals surface area contributed by atoms with Crippen LogP contribution in [0.1, 0.15) is 32.5 Å². The molecular formula is C12H19N3. The Hall–Kier alpha value is -1.22. The molecule has 1 N–H and O–H groups in total. The number of hydrogen-bond acceptors (Lipinski definition) is 3. The van der Waals surface area contributed by atoms with Crippen molar-refractivity contribution in [2.24, 2.45) is 0 Å². The van der Waals surface area contributed by atoms with Crippen LogP contribution in [0.25, 0.3) is 0 Å². The van der Waals surface area contributed by atoms with E-state index < -0.39 is 0 Å². The van der Waals surface area contributed by atoms with Gasteiger partial charge < -0.3 is 5.32 Å². The molecule has 1 aromatic heterocycles. The standard InChI is InChI=1S/C12H19N3/c1-3-5-11(2)6-9-13-10-12-14-7-4-8-15-12/h4,6-8,13H,3,5,9-10H2,1-2H3. The molecule has 3 heteroatoms. The fourth-order valence-corrected chi connectivity index (χ4v) is 1.35. The van der Waals surface area contributed by atoms with Crippen LogP contribution in [0.2, 0.25) is 0 Å². The van der Waals surface area contributed by atoms with E-state index in [9.17, 15) is 0 Å². The molecule has 0 spiro atoms. The monoisotopic (exact) mass is 205 g/mol. The highest BCUT2D eigenvalue weighted by Crippen LogP contribution is 2.01. The van der Waals surface area contributed by atoms with Gasteiger partial charge in [-0.05, 0) is 19.4 Å². The number of allylic oxidation sites excluding steroid dienone is 1. The molecule has 0 amide bonds. The Morgan fingerprint density at radius 2 is 2.13 bits per heavy atom. The summed E-state index contributed by atoms with van der Waals surface area (Å²) in [5.74, 6) is 0.846. The van der Waals surface area contributed by atoms with Crippen molar-refractivity contribution in [3.8, 4) is 0 Å². The predicted octanol–water partition coefficient (Wildman–Crippen LogP) is 2.31. The minimum absolute atomic E-state index is 0.733. The third kappa shape index (κ3) is 5.27. The Morgan fingerprint density at radius 3 is 2.80 bits per heavy atom. The highest BCUT2D eigenvalue weighted by molar-refractivity contribution is 4.99. The molecule has 0 radical (unpaired) electrons. The predicted molar refractivity (Wildman–Crippen MR) is 62.4 cm³/mol. The minimum atomic E-state index is 0.733. The SMILES string of the molecule is CCCC(C)=CCNCc1ncccn1. The molecule has 0 unspecified atom stereocenters. The molecule has 0 saturated heterocycles. The quantitative estimate of drug-likeness (QED) is 0.572. The van der Waals surface area contributed by atoms with Gasteiger partial charge in [0.15, 0.2) is 0 Å². The molecule has 0 aromatic carbocycles. The molecule has 3 nitrogen and oxygen atoms in total. The molecule has 0 bridgehead atoms. The maximum atomic E-state index is 4.14. The van der Waals surface area contributed by atoms with Crippen molar-refractivity contribution < 1.29 is 0 Å². The molecule has 82 valence electrons. The highest BCUT2D eigenvalue weighted by Gasteiger charge is 1.92. The van der Waals surface area contributed by atoms with Gasteiger partial charge in [-0.3, -0.25) is 0 Å². The van der Waals surface area contributed by atoms with Gasteiger partial charge in [0.1, 0.15) is 5.82 Å². The summed E-state index contributed by atoms with van der Waals surface area (Å²) >= 11 is 0. The van der Waals surface area contributed by atoms with Crippen LogP contribution < -0.4 is 5.32 Å². The molecule has 0 fully saturated rings. The third-order valence-electron chi connectivity index (χ3n) is 2.14. The lowest BCUT2D eigenvalue weighted by atomic mass is 10.2. The van der Waals surface area contributed by atoms with E-state index in [1.165, 1.54) is 18.4 Å². The highest BCUT2D eigenvalue weighted by atomic mass is 14.9. The minimum Gasteiger partial charge on any atom is -0.306 e. The molecule has 1 aromatic rings. The zero-order chi connectivity index (χ0) is 10.9. The summed E-state index contributed by atoms with van der Waals surface area (Å²) < 4.78 is 0. The number of rotatable bonds is 6. The smallest absolute Gasteiger partial charge is 0.141 e. The number of nitrogens with one attached hydrogen (secondary N) is 1. The van der Waals surface area contributed by atoms with Gasteiger partial charge in [0, 0.05) is 18.9 Å². The van der Waals surface area contributed by atoms with Crippen molar-refractivity contribution in [2.45, 2.75) is 33.2 Å². The Morgan fingerprint density at radius 1 is 1.40 bits per heavy atom. The summed E-state index contributed by atoms with van der Waals surface area (Å²) in [7, 11) is 0. The Labute approximate surface area is 91.7 Å². The van der Waals surface area contributed by atoms with Crippen molar-refractivity contribution >= 4 is 0 Å². The first kappa shape index (κ1) is 11.9. The summed E-state index contributed by atoms with van der Waals surface area (Å²) in [6.45, 7) is 5.99. The van der Waals surface area contributed by atoms with Gasteiger partial charge in [-0.15, -0.1) is 0 Å². The van der Waals surface area contributed by atoms with E-state index in [2.05, 4.69) is 35.2 Å². The Balaban J connectivity index is 2.20. The third-order valence-corrected chi connectivity index (χ3v) is 2.14. The second-order valence-corrected chi connectivity index (χ2v) is 3.60. The summed E-state index contributed by atoms with van der Waals surface area (Å²) in [5, 5.41) is 3.29. The molecule has 0 aliphatic rings. The van der Waals surface area contributed by atoms with E-state index >= 15 is 0 Å². The first-order chi connectivity index (χ1) is 7.33. The van der Waals surface area contributed by atoms with Gasteiger partial charge in [-0.1, -0.05) is 25.0 Å². The molecule has 0 atom stereocenters. The molecule has 1 rings (SSSR count). The van der Waals surface area contributed by atoms with Crippen molar-refractivity contribution in [3.05, 3.63) is 35.9 Å². The van der Waals surface area contributed by atoms with E-state index in [4.69, 9.17) is 0 Å². The van der Waals surface area contributed by atoms with Gasteiger partial charge in [-0.25, -0.2) is 9.97 Å². The van der Waals surface area contributed by atoms with Crippen LogP contribution in [0.3, 0.4) is 0 Å². The molecule has 0 aliphatic carbocycles. The van der Waals surface area contributed by atoms with Crippen LogP contribution >= 0.6 is 0 Å². The summed E-state index contributed by atoms with van der Waals surface area (Å²) in [6.07, 6.45) is 8.16. The summed E-state index contributed by atoms with van der Waals surface area (Å²) in [4.78, 5) is 8.27. The lowest BCUT2D eigenvalue weighted by Crippen LogP contribution is -2.15. The fraction of sp³-hybridized carbons (Fsp3) is 0.500. The average Bonchev–Trinajstić information content (AvgIpc) is 2.26. The molecule has 1 heterocycles. The first-order valence-corrected chi connectivity index (χ1v) is 5.45. The molecular weight excluding hydrogens is 186 g/mol. The van der Waals surface area contributed by atoms with E-state index in [0.717, 1.165) is 18.9 Å². The number of aromatic nitrogens is 2. The lowest BCUT2D eigenvalue weighted by molar-refractivity contribution is 0.711. The number of hydrogen-bond donors (Lipinski definition) is 1. The van der Waals surface area contributed by atoms with Gasteiger partial charge in [-0.2, -0.15) is 0 Å². The van der Waals surface area contributed by atoms with Gasteiger partial charge in [0.25, 0.3) is 0 Å². The van der Waals surface area contributed by atoms with Gasteiger partial charge in [0.2, 0.25) is 0 Å². The lowest BCUT2D eigenvalue weighted by Gasteiger charge is -2.01. The average molecular weight is 205 g/mol. The number of nitrogens with zero attached hydrogens (tertiary/aromatic N) is 2. The van der Waals surface area contributed by atoms with E-state index in [-0.39, 0.29) is 0 Å². The first-order valence-electron chi connectivity index (χ1n) is 5.45. The van der Waals surface area contributed by atoms with Crippen molar-refractivity contribution in [1.82, 2.24) is 15.3 Å². The Bertz CT molecular complexity index is 293. The maximum Gasteiger partial charge on any atom is 0.141 e. The van der Waals surface area contributed by atoms with Crippen molar-refractivity contribution in [2.75, 3.05) is 6.54 Å². The normalized spacial score (nSPS) is 11.7. The molecule has 0 saturated carbocycles. The second-order valence-electron chi connectivity index (χ2n) is 3.60. The zero-order valence-corrected chi connectivity index (χ0v) is 9.53. The molecule has 15 heavy (non-hydrogen) atoms. The topological polar surface area (TPSA) is 37.8 Å². The van der Waals surface area contributed by atoms with Crippen LogP contribution in [0.5, 0.6) is 0 Å². The molecule has 0 aliphatic heterocycles. The van der Waals surface area contributed by atoms with Crippen LogP contribution in [0, 0.1) is 0 Å². The van der Waals surface area contributed by atoms with Crippen LogP contribution in [0.4, 0.5) is 0 Å². The van der Waals surface area contributed by atoms with Gasteiger partial charge in [0.05, 0.1) is 6.54 Å². The van der Waals surface area contributed by atoms with Crippen molar-refractivity contribution in [3.63, 3.8) is 0 Å². The van der Waals surface area contributed by atoms with E-state index in [1.54, 1.807) is 12.4 Å². The maximum absolute atomic E-state index is 4.14. The second kappa shape index (κ2) is 7.12. The van der Waals surface area contributed by atoms with Crippen LogP contribution in [-0.2, 0) is 6.54 Å². The summed E-state index contributed by atoms with van der Waals surface area (Å²) in [6, 6.07) is 1.83. The Kier molecular flexibility index (Phi) is 5.63. The summed E-state index contributed by atoms with van der Waals surface area (Å²) in [5.41, 5.74) is 1.44. The van der Waals surface area contributed by atoms with E-state index in [1.807, 2.05) is 6.07 Å². The van der Waals surface area contributed by atoms with Crippen molar-refractivity contribution in [1.29, 1.82) is 0 Å². The van der Waals surface area contributed by atoms with Gasteiger partial charge >= 0.3 is 0 Å².